The van der Waals surface area contributed by atoms with Gasteiger partial charge < -0.3 is 53.7 Å². The highest BCUT2D eigenvalue weighted by molar-refractivity contribution is 15.0. The van der Waals surface area contributed by atoms with Gasteiger partial charge in [-0.1, -0.05) is 106 Å². The average Bonchev–Trinajstić information content (AvgIpc) is 0.833. The largest absolute Gasteiger partial charge is 0.478 e. The quantitative estimate of drug-likeness (QED) is 0.00855. The Balaban J connectivity index is -0.00000128. The molecular weight excluding hydrogens is 1780 g/mol. The van der Waals surface area contributed by atoms with E-state index in [0.717, 1.165) is 35.8 Å². The second kappa shape index (κ2) is 52.3. The van der Waals surface area contributed by atoms with Gasteiger partial charge in [0.2, 0.25) is 9.05 Å². The number of carbonyl (C=O) groups is 8. The van der Waals surface area contributed by atoms with Crippen LogP contribution in [0.25, 0.3) is 5.57 Å². The van der Waals surface area contributed by atoms with E-state index >= 15 is 0 Å². The van der Waals surface area contributed by atoms with Crippen molar-refractivity contribution in [2.75, 3.05) is 52.0 Å². The van der Waals surface area contributed by atoms with Crippen LogP contribution in [0.4, 0.5) is 0 Å². The van der Waals surface area contributed by atoms with Crippen molar-refractivity contribution >= 4 is 120 Å². The number of carbonyl (C=O) groups excluding carboxylic acids is 7. The third kappa shape index (κ3) is 53.6. The Kier molecular flexibility index (Phi) is 50.8. The first-order valence-corrected chi connectivity index (χ1v) is 47.2. The van der Waals surface area contributed by atoms with E-state index in [1.807, 2.05) is 78.8 Å². The van der Waals surface area contributed by atoms with Crippen LogP contribution in [0.5, 0.6) is 0 Å². The average molecular weight is 1900 g/mol. The van der Waals surface area contributed by atoms with Gasteiger partial charge in [0.25, 0.3) is 10.1 Å². The fourth-order valence-corrected chi connectivity index (χ4v) is 8.91. The molecule has 116 heavy (non-hydrogen) atoms. The number of epoxide rings is 1. The van der Waals surface area contributed by atoms with Gasteiger partial charge in [-0.3, -0.25) is 13.8 Å². The lowest BCUT2D eigenvalue weighted by molar-refractivity contribution is -0.00287. The number of rotatable bonds is 19. The van der Waals surface area contributed by atoms with Gasteiger partial charge in [-0.15, -0.1) is 13.2 Å². The van der Waals surface area contributed by atoms with Crippen molar-refractivity contribution in [1.82, 2.24) is 4.90 Å². The Morgan fingerprint density at radius 2 is 0.707 bits per heavy atom. The molecule has 0 unspecified atom stereocenters. The van der Waals surface area contributed by atoms with Crippen molar-refractivity contribution in [3.63, 3.8) is 0 Å². The maximum absolute atomic E-state index is 12.0. The summed E-state index contributed by atoms with van der Waals surface area (Å²) in [7, 11) is -2.36. The lowest BCUT2D eigenvalue weighted by Crippen LogP contribution is -2.30. The fourth-order valence-electron chi connectivity index (χ4n) is 8.47. The molecule has 0 aliphatic carbocycles. The number of hydrogen-bond acceptors (Lipinski definition) is 23. The van der Waals surface area contributed by atoms with Crippen molar-refractivity contribution in [2.24, 2.45) is 0 Å². The number of aliphatic hydroxyl groups is 3. The van der Waals surface area contributed by atoms with Gasteiger partial charge in [0.05, 0.1) is 65.7 Å². The molecule has 24 nitrogen and oxygen atoms in total. The van der Waals surface area contributed by atoms with E-state index in [9.17, 15) is 65.4 Å². The Morgan fingerprint density at radius 1 is 0.457 bits per heavy atom. The van der Waals surface area contributed by atoms with Crippen LogP contribution >= 0.6 is 47.9 Å². The molecule has 646 valence electrons. The molecule has 1 saturated heterocycles. The molecule has 0 radical (unpaired) electrons. The molecule has 0 amide bonds. The van der Waals surface area contributed by atoms with Gasteiger partial charge in [0.15, 0.2) is 11.6 Å². The smallest absolute Gasteiger partial charge is 0.338 e. The molecule has 1 aliphatic rings. The van der Waals surface area contributed by atoms with Gasteiger partial charge in [0.1, 0.15) is 45.3 Å². The summed E-state index contributed by atoms with van der Waals surface area (Å²) in [5.41, 5.74) is 1.50. The number of halogens is 3. The van der Waals surface area contributed by atoms with E-state index in [-0.39, 0.29) is 40.7 Å². The highest BCUT2D eigenvalue weighted by atomic mass is 128. The Morgan fingerprint density at radius 3 is 0.966 bits per heavy atom. The summed E-state index contributed by atoms with van der Waals surface area (Å²) in [6.45, 7) is 54.7. The zero-order valence-electron chi connectivity index (χ0n) is 71.7. The first-order valence-electron chi connectivity index (χ1n) is 36.4. The van der Waals surface area contributed by atoms with E-state index in [1.165, 1.54) is 71.6 Å². The summed E-state index contributed by atoms with van der Waals surface area (Å²) >= 11 is 4.24. The molecule has 1 fully saturated rings. The number of aromatic carboxylic acids is 1. The van der Waals surface area contributed by atoms with E-state index in [4.69, 9.17) is 38.6 Å². The van der Waals surface area contributed by atoms with E-state index < -0.39 is 95.5 Å². The minimum absolute atomic E-state index is 0.0644. The first-order chi connectivity index (χ1) is 53.0. The lowest BCUT2D eigenvalue weighted by Gasteiger charge is -2.24. The van der Waals surface area contributed by atoms with Crippen molar-refractivity contribution in [3.05, 3.63) is 232 Å². The summed E-state index contributed by atoms with van der Waals surface area (Å²) in [6.07, 6.45) is 2.00. The molecule has 0 spiro atoms. The van der Waals surface area contributed by atoms with Crippen molar-refractivity contribution in [3.8, 4) is 0 Å². The SMILES string of the molecule is C=C.C=C(C)c1cccc(C(=O)OC(C)(C)C)c1.CC(=O)c1cccc(C(=O)O)c1.CC(=O)c1cccc(C(=O)OC(C)(C)C)c1.CC(C)(C)OC(=O)c1cccc([C@H]2CO2)c1.CC(C)(C)OC(=O)c1cccc([C@](C)(O)CO)c1.CC(C)(C)OC(=O)c1cccc([C@](C)(O)COS(C)(=O)=O)c1.CCN(CC)CC.CS(=O)(=O)Cl.II. The lowest BCUT2D eigenvalue weighted by atomic mass is 9.95. The number of carboxylic acids is 1. The highest BCUT2D eigenvalue weighted by Crippen LogP contribution is 2.31. The topological polar surface area (TPSA) is 357 Å². The molecule has 0 saturated carbocycles. The Hall–Kier alpha value is -7.63. The number of hydrogen-bond donors (Lipinski definition) is 4. The van der Waals surface area contributed by atoms with E-state index in [0.29, 0.717) is 44.5 Å². The van der Waals surface area contributed by atoms with Crippen LogP contribution in [0.3, 0.4) is 0 Å². The zero-order valence-corrected chi connectivity index (χ0v) is 78.4. The van der Waals surface area contributed by atoms with Gasteiger partial charge >= 0.3 is 35.8 Å². The number of Topliss-reactive ketones (excluding diaryl/α,β-unsaturated/α-hetero) is 2. The van der Waals surface area contributed by atoms with Gasteiger partial charge in [-0.25, -0.2) is 37.2 Å². The molecule has 0 aromatic heterocycles. The van der Waals surface area contributed by atoms with E-state index in [2.05, 4.69) is 97.5 Å². The van der Waals surface area contributed by atoms with Gasteiger partial charge in [-0.05, 0) is 253 Å². The summed E-state index contributed by atoms with van der Waals surface area (Å²) in [5, 5.41) is 38.0. The summed E-state index contributed by atoms with van der Waals surface area (Å²) < 4.78 is 77.0. The number of ketones is 2. The Labute approximate surface area is 716 Å². The van der Waals surface area contributed by atoms with Crippen LogP contribution in [-0.4, -0.2) is 170 Å². The molecule has 6 aromatic rings. The number of ether oxygens (including phenoxy) is 6. The first kappa shape index (κ1) is 113. The number of benzene rings is 6. The molecule has 29 heteroatoms. The van der Waals surface area contributed by atoms with Crippen LogP contribution in [0.15, 0.2) is 165 Å². The van der Waals surface area contributed by atoms with Crippen molar-refractivity contribution in [2.45, 2.75) is 205 Å². The van der Waals surface area contributed by atoms with Crippen LogP contribution in [-0.2, 0) is 63.0 Å². The van der Waals surface area contributed by atoms with Crippen LogP contribution < -0.4 is 0 Å². The monoisotopic (exact) mass is 1900 g/mol. The molecule has 7 rings (SSSR count). The summed E-state index contributed by atoms with van der Waals surface area (Å²) in [4.78, 5) is 94.0. The maximum Gasteiger partial charge on any atom is 0.338 e. The maximum atomic E-state index is 12.0. The minimum atomic E-state index is -3.67. The molecule has 6 aromatic carbocycles. The minimum Gasteiger partial charge on any atom is -0.478 e. The van der Waals surface area contributed by atoms with Crippen LogP contribution in [0.2, 0.25) is 0 Å². The van der Waals surface area contributed by atoms with Crippen LogP contribution in [0.1, 0.15) is 270 Å². The third-order valence-corrected chi connectivity index (χ3v) is 14.6. The van der Waals surface area contributed by atoms with Crippen molar-refractivity contribution < 1.29 is 108 Å². The number of allylic oxidation sites excluding steroid dienone is 1. The standard InChI is InChI=1S/C15H22O6S.C14H20O4.C14H18O2.2C13H16O3.C9H8O3.C6H15N.C2H4.CH3ClO2S.I2/c1-14(2,3)21-13(16)11-7-6-8-12(9-11)15(4,17)10-20-22(5,18)19;1-13(2,3)18-12(16)10-6-5-7-11(8-10)14(4,17)9-15;1-10(2)11-7-6-8-12(9-11)13(15)16-14(3,4)5;1-13(2,3)16-12(14)10-6-4-5-9(7-10)11-8-15-11;1-9(14)10-6-5-7-11(8-10)12(15)16-13(2,3)4;1-6(10)7-3-2-4-8(5-7)9(11)12;1-4-7(5-2)6-3;1-2;1-5(2,3)4;1-2/h6-9,17H,10H2,1-5H3;5-8,15,17H,9H2,1-4H3;6-9H,1H2,2-5H3;4-7,11H,8H2,1-3H3;5-8H,1-4H3;2-5H,1H3,(H,11,12);4-6H2,1-3H3;1-2H2;1H3;/t15-;14-;;11-;;;;;;/m11.1....../s1. The second-order valence-corrected chi connectivity index (χ2v) is 35.7. The molecule has 0 bridgehead atoms. The number of aliphatic hydroxyl groups excluding tert-OH is 1. The molecular formula is C87H122ClI2NO23S2. The summed E-state index contributed by atoms with van der Waals surface area (Å²) in [5.74, 6) is -3.16. The molecule has 1 aliphatic heterocycles. The third-order valence-electron chi connectivity index (χ3n) is 14.1. The van der Waals surface area contributed by atoms with E-state index in [1.54, 1.807) is 153 Å². The number of esters is 5. The second-order valence-electron chi connectivity index (χ2n) is 31.0. The molecule has 4 N–H and O–H groups in total. The predicted octanol–water partition coefficient (Wildman–Crippen LogP) is 18.6. The van der Waals surface area contributed by atoms with Crippen LogP contribution in [0, 0.1) is 0 Å². The number of carboxylic acid groups (broad SMARTS) is 1. The number of nitrogens with zero attached hydrogens (tertiary/aromatic N) is 1. The van der Waals surface area contributed by atoms with Gasteiger partial charge in [0, 0.05) is 59.0 Å². The van der Waals surface area contributed by atoms with Crippen molar-refractivity contribution in [1.29, 1.82) is 0 Å². The molecule has 1 heterocycles. The Bertz CT molecular complexity index is 4240. The zero-order chi connectivity index (χ0) is 90.9. The van der Waals surface area contributed by atoms with Gasteiger partial charge in [-0.2, -0.15) is 8.42 Å². The molecule has 3 atom stereocenters. The fraction of sp³-hybridized carbons (Fsp3) is 0.448. The summed E-state index contributed by atoms with van der Waals surface area (Å²) in [6, 6.07) is 39.9. The normalized spacial score (nSPS) is 13.1. The predicted molar refractivity (Wildman–Crippen MR) is 475 cm³/mol. The highest BCUT2D eigenvalue weighted by Gasteiger charge is 2.30.